The molecule has 0 radical (unpaired) electrons. The molecule has 0 unspecified atom stereocenters. The molecule has 0 fully saturated rings. The second kappa shape index (κ2) is 6.17. The number of hydrogen-bond acceptors (Lipinski definition) is 2. The van der Waals surface area contributed by atoms with Crippen LogP contribution in [0, 0.1) is 11.8 Å². The maximum atomic E-state index is 9.31. The fourth-order valence-electron chi connectivity index (χ4n) is 1.40. The first-order valence-corrected chi connectivity index (χ1v) is 9.25. The minimum atomic E-state index is -1.65. The zero-order chi connectivity index (χ0) is 13.0. The molecule has 3 heteroatoms. The Morgan fingerprint density at radius 2 is 1.69 bits per heavy atom. The summed E-state index contributed by atoms with van der Waals surface area (Å²) in [6.07, 6.45) is 1.05. The SMILES string of the molecule is CC(C)C[C@H](CO)CO[Si](C)(C)C(C)(C)C. The van der Waals surface area contributed by atoms with Crippen molar-refractivity contribution in [3.8, 4) is 0 Å². The van der Waals surface area contributed by atoms with Gasteiger partial charge in [-0.3, -0.25) is 0 Å². The molecular formula is C13H30O2Si. The first kappa shape index (κ1) is 16.1. The minimum absolute atomic E-state index is 0.243. The maximum absolute atomic E-state index is 9.31. The highest BCUT2D eigenvalue weighted by molar-refractivity contribution is 6.74. The molecule has 0 amide bonds. The standard InChI is InChI=1S/C13H30O2Si/c1-11(2)8-12(9-14)10-15-16(6,7)13(3,4)5/h11-12,14H,8-10H2,1-7H3/t12-/m1/s1. The van der Waals surface area contributed by atoms with E-state index in [0.717, 1.165) is 6.42 Å². The Bertz CT molecular complexity index is 195. The van der Waals surface area contributed by atoms with Crippen molar-refractivity contribution in [2.75, 3.05) is 13.2 Å². The van der Waals surface area contributed by atoms with Crippen molar-refractivity contribution in [2.24, 2.45) is 11.8 Å². The van der Waals surface area contributed by atoms with Gasteiger partial charge in [0, 0.05) is 19.1 Å². The van der Waals surface area contributed by atoms with Crippen LogP contribution in [-0.4, -0.2) is 26.6 Å². The summed E-state index contributed by atoms with van der Waals surface area (Å²) in [6, 6.07) is 0. The maximum Gasteiger partial charge on any atom is 0.191 e. The topological polar surface area (TPSA) is 29.5 Å². The molecule has 0 aliphatic heterocycles. The molecule has 0 heterocycles. The van der Waals surface area contributed by atoms with Gasteiger partial charge in [-0.15, -0.1) is 0 Å². The fraction of sp³-hybridized carbons (Fsp3) is 1.00. The molecule has 2 nitrogen and oxygen atoms in total. The van der Waals surface area contributed by atoms with Gasteiger partial charge in [0.2, 0.25) is 0 Å². The molecule has 0 aromatic carbocycles. The molecule has 0 rings (SSSR count). The predicted octanol–water partition coefficient (Wildman–Crippen LogP) is 3.66. The minimum Gasteiger partial charge on any atom is -0.416 e. The molecule has 0 aliphatic carbocycles. The second-order valence-corrected chi connectivity index (χ2v) is 11.6. The van der Waals surface area contributed by atoms with Gasteiger partial charge in [0.1, 0.15) is 0 Å². The Hall–Kier alpha value is 0.137. The van der Waals surface area contributed by atoms with Gasteiger partial charge in [-0.05, 0) is 30.5 Å². The van der Waals surface area contributed by atoms with Crippen LogP contribution in [0.3, 0.4) is 0 Å². The third-order valence-corrected chi connectivity index (χ3v) is 8.05. The molecule has 0 bridgehead atoms. The summed E-state index contributed by atoms with van der Waals surface area (Å²) in [7, 11) is -1.65. The van der Waals surface area contributed by atoms with E-state index >= 15 is 0 Å². The summed E-state index contributed by atoms with van der Waals surface area (Å²) >= 11 is 0. The van der Waals surface area contributed by atoms with Gasteiger partial charge < -0.3 is 9.53 Å². The third-order valence-electron chi connectivity index (χ3n) is 3.55. The summed E-state index contributed by atoms with van der Waals surface area (Å²) < 4.78 is 6.13. The highest BCUT2D eigenvalue weighted by Gasteiger charge is 2.37. The summed E-state index contributed by atoms with van der Waals surface area (Å²) in [5, 5.41) is 9.56. The van der Waals surface area contributed by atoms with Crippen molar-refractivity contribution < 1.29 is 9.53 Å². The summed E-state index contributed by atoms with van der Waals surface area (Å²) in [6.45, 7) is 16.6. The predicted molar refractivity (Wildman–Crippen MR) is 73.2 cm³/mol. The van der Waals surface area contributed by atoms with E-state index in [4.69, 9.17) is 4.43 Å². The van der Waals surface area contributed by atoms with Crippen molar-refractivity contribution in [2.45, 2.75) is 59.2 Å². The van der Waals surface area contributed by atoms with E-state index in [1.807, 2.05) is 0 Å². The molecule has 0 saturated heterocycles. The van der Waals surface area contributed by atoms with Crippen molar-refractivity contribution >= 4 is 8.32 Å². The van der Waals surface area contributed by atoms with Crippen LogP contribution < -0.4 is 0 Å². The summed E-state index contributed by atoms with van der Waals surface area (Å²) in [4.78, 5) is 0. The van der Waals surface area contributed by atoms with Crippen molar-refractivity contribution in [1.82, 2.24) is 0 Å². The van der Waals surface area contributed by atoms with E-state index in [-0.39, 0.29) is 11.6 Å². The molecule has 98 valence electrons. The monoisotopic (exact) mass is 246 g/mol. The first-order chi connectivity index (χ1) is 7.10. The van der Waals surface area contributed by atoms with E-state index < -0.39 is 8.32 Å². The lowest BCUT2D eigenvalue weighted by Crippen LogP contribution is -2.42. The zero-order valence-corrected chi connectivity index (χ0v) is 13.1. The Kier molecular flexibility index (Phi) is 6.23. The van der Waals surface area contributed by atoms with Crippen LogP contribution in [0.25, 0.3) is 0 Å². The van der Waals surface area contributed by atoms with Crippen molar-refractivity contribution in [3.63, 3.8) is 0 Å². The lowest BCUT2D eigenvalue weighted by atomic mass is 9.99. The van der Waals surface area contributed by atoms with Crippen LogP contribution in [-0.2, 0) is 4.43 Å². The lowest BCUT2D eigenvalue weighted by molar-refractivity contribution is 0.138. The smallest absolute Gasteiger partial charge is 0.191 e. The Morgan fingerprint density at radius 3 is 2.00 bits per heavy atom. The fourth-order valence-corrected chi connectivity index (χ4v) is 2.49. The molecule has 0 aliphatic rings. The van der Waals surface area contributed by atoms with Crippen LogP contribution in [0.2, 0.25) is 18.1 Å². The van der Waals surface area contributed by atoms with E-state index in [2.05, 4.69) is 47.7 Å². The van der Waals surface area contributed by atoms with Crippen molar-refractivity contribution in [1.29, 1.82) is 0 Å². The van der Waals surface area contributed by atoms with Gasteiger partial charge in [-0.25, -0.2) is 0 Å². The van der Waals surface area contributed by atoms with Gasteiger partial charge >= 0.3 is 0 Å². The Balaban J connectivity index is 4.20. The average molecular weight is 246 g/mol. The van der Waals surface area contributed by atoms with Gasteiger partial charge in [-0.2, -0.15) is 0 Å². The normalized spacial score (nSPS) is 15.6. The van der Waals surface area contributed by atoms with Gasteiger partial charge in [0.25, 0.3) is 0 Å². The van der Waals surface area contributed by atoms with Crippen LogP contribution in [0.15, 0.2) is 0 Å². The number of aliphatic hydroxyl groups is 1. The van der Waals surface area contributed by atoms with Crippen LogP contribution in [0.1, 0.15) is 41.0 Å². The zero-order valence-electron chi connectivity index (χ0n) is 12.1. The molecule has 0 spiro atoms. The molecule has 1 N–H and O–H groups in total. The number of hydrogen-bond donors (Lipinski definition) is 1. The van der Waals surface area contributed by atoms with Crippen LogP contribution in [0.4, 0.5) is 0 Å². The van der Waals surface area contributed by atoms with E-state index in [1.165, 1.54) is 0 Å². The van der Waals surface area contributed by atoms with Crippen molar-refractivity contribution in [3.05, 3.63) is 0 Å². The van der Waals surface area contributed by atoms with E-state index in [0.29, 0.717) is 18.4 Å². The van der Waals surface area contributed by atoms with Gasteiger partial charge in [0.15, 0.2) is 8.32 Å². The molecule has 16 heavy (non-hydrogen) atoms. The van der Waals surface area contributed by atoms with Gasteiger partial charge in [0.05, 0.1) is 0 Å². The van der Waals surface area contributed by atoms with Gasteiger partial charge in [-0.1, -0.05) is 34.6 Å². The third kappa shape index (κ3) is 5.46. The number of aliphatic hydroxyl groups excluding tert-OH is 1. The molecule has 1 atom stereocenters. The average Bonchev–Trinajstić information content (AvgIpc) is 2.09. The molecule has 0 aromatic rings. The van der Waals surface area contributed by atoms with Crippen LogP contribution >= 0.6 is 0 Å². The Labute approximate surface area is 103 Å². The molecule has 0 aromatic heterocycles. The highest BCUT2D eigenvalue weighted by atomic mass is 28.4. The summed E-state index contributed by atoms with van der Waals surface area (Å²) in [5.74, 6) is 0.925. The van der Waals surface area contributed by atoms with E-state index in [1.54, 1.807) is 0 Å². The first-order valence-electron chi connectivity index (χ1n) is 6.35. The quantitative estimate of drug-likeness (QED) is 0.725. The van der Waals surface area contributed by atoms with E-state index in [9.17, 15) is 5.11 Å². The summed E-state index contributed by atoms with van der Waals surface area (Å²) in [5.41, 5.74) is 0. The Morgan fingerprint density at radius 1 is 1.19 bits per heavy atom. The lowest BCUT2D eigenvalue weighted by Gasteiger charge is -2.37. The molecular weight excluding hydrogens is 216 g/mol. The van der Waals surface area contributed by atoms with Crippen LogP contribution in [0.5, 0.6) is 0 Å². The second-order valence-electron chi connectivity index (χ2n) is 6.75. The highest BCUT2D eigenvalue weighted by Crippen LogP contribution is 2.36. The molecule has 0 saturated carbocycles. The number of rotatable bonds is 6. The largest absolute Gasteiger partial charge is 0.416 e.